The molecule has 1 amide bonds. The number of para-hydroxylation sites is 1. The van der Waals surface area contributed by atoms with E-state index in [2.05, 4.69) is 10.3 Å². The fourth-order valence-corrected chi connectivity index (χ4v) is 1.57. The Bertz CT molecular complexity index is 538. The summed E-state index contributed by atoms with van der Waals surface area (Å²) < 4.78 is 24.0. The van der Waals surface area contributed by atoms with Crippen LogP contribution in [0.25, 0.3) is 10.9 Å². The van der Waals surface area contributed by atoms with Gasteiger partial charge in [0.2, 0.25) is 0 Å². The van der Waals surface area contributed by atoms with Crippen molar-refractivity contribution in [3.8, 4) is 0 Å². The fourth-order valence-electron chi connectivity index (χ4n) is 1.57. The average Bonchev–Trinajstić information content (AvgIpc) is 2.35. The summed E-state index contributed by atoms with van der Waals surface area (Å²) in [5.41, 5.74) is 1.43. The summed E-state index contributed by atoms with van der Waals surface area (Å²) in [5.74, 6) is -1.27. The second-order valence-electron chi connectivity index (χ2n) is 3.51. The molecule has 0 atom stereocenters. The van der Waals surface area contributed by atoms with Crippen molar-refractivity contribution >= 4 is 16.8 Å². The Balaban J connectivity index is 2.21. The molecule has 1 aromatic heterocycles. The van der Waals surface area contributed by atoms with Gasteiger partial charge >= 0.3 is 6.43 Å². The van der Waals surface area contributed by atoms with Gasteiger partial charge in [0.25, 0.3) is 5.91 Å². The number of hydrogen-bond donors (Lipinski definition) is 1. The lowest BCUT2D eigenvalue weighted by Gasteiger charge is -2.07. The zero-order valence-electron chi connectivity index (χ0n) is 8.86. The predicted octanol–water partition coefficient (Wildman–Crippen LogP) is 2.12. The summed E-state index contributed by atoms with van der Waals surface area (Å²) in [7, 11) is 0. The van der Waals surface area contributed by atoms with Crippen LogP contribution in [0, 0.1) is 0 Å². The summed E-state index contributed by atoms with van der Waals surface area (Å²) in [4.78, 5) is 14.9. The first-order valence-corrected chi connectivity index (χ1v) is 5.07. The minimum atomic E-state index is -2.99. The first-order valence-electron chi connectivity index (χ1n) is 5.07. The number of nitrogens with one attached hydrogen (secondary N) is 1. The second kappa shape index (κ2) is 4.86. The summed E-state index contributed by atoms with van der Waals surface area (Å²) in [6.07, 6.45) is -1.36. The number of alkyl halides is 2. The molecule has 1 aromatic carbocycles. The number of carbonyl (C=O) groups excluding carboxylic acids is 1. The highest BCUT2D eigenvalue weighted by atomic mass is 19.3. The number of rotatable bonds is 3. The molecule has 2 aromatic rings. The van der Waals surface area contributed by atoms with E-state index in [1.54, 1.807) is 24.4 Å². The number of pyridine rings is 1. The first-order chi connectivity index (χ1) is 8.18. The van der Waals surface area contributed by atoms with Crippen LogP contribution < -0.4 is 5.32 Å². The third kappa shape index (κ3) is 2.55. The van der Waals surface area contributed by atoms with Crippen molar-refractivity contribution in [2.24, 2.45) is 0 Å². The van der Waals surface area contributed by atoms with Crippen molar-refractivity contribution in [3.63, 3.8) is 0 Å². The van der Waals surface area contributed by atoms with Crippen LogP contribution >= 0.6 is 0 Å². The van der Waals surface area contributed by atoms with Crippen molar-refractivity contribution in [3.05, 3.63) is 42.1 Å². The largest absolute Gasteiger partial charge is 0.347 e. The van der Waals surface area contributed by atoms with Crippen LogP contribution in [0.3, 0.4) is 0 Å². The van der Waals surface area contributed by atoms with Gasteiger partial charge in [-0.05, 0) is 11.6 Å². The number of benzene rings is 1. The van der Waals surface area contributed by atoms with E-state index in [1.807, 2.05) is 12.1 Å². The average molecular weight is 236 g/mol. The summed E-state index contributed by atoms with van der Waals surface area (Å²) in [5, 5.41) is 3.07. The highest BCUT2D eigenvalue weighted by Crippen LogP contribution is 2.15. The highest BCUT2D eigenvalue weighted by Gasteiger charge is 2.14. The Morgan fingerprint density at radius 3 is 2.82 bits per heavy atom. The molecule has 0 bridgehead atoms. The van der Waals surface area contributed by atoms with Gasteiger partial charge in [0.05, 0.1) is 5.52 Å². The minimum Gasteiger partial charge on any atom is -0.347 e. The lowest BCUT2D eigenvalue weighted by atomic mass is 10.1. The molecule has 1 N–H and O–H groups in total. The molecule has 0 spiro atoms. The monoisotopic (exact) mass is 236 g/mol. The molecule has 1 heterocycles. The van der Waals surface area contributed by atoms with Crippen LogP contribution in [-0.4, -0.2) is 17.3 Å². The summed E-state index contributed by atoms with van der Waals surface area (Å²) >= 11 is 0. The Morgan fingerprint density at radius 1 is 1.29 bits per heavy atom. The third-order valence-electron chi connectivity index (χ3n) is 2.37. The van der Waals surface area contributed by atoms with Gasteiger partial charge in [-0.25, -0.2) is 0 Å². The Labute approximate surface area is 96.5 Å². The number of carbonyl (C=O) groups is 1. The molecule has 0 saturated carbocycles. The van der Waals surface area contributed by atoms with Gasteiger partial charge < -0.3 is 5.32 Å². The first kappa shape index (κ1) is 11.4. The van der Waals surface area contributed by atoms with Crippen molar-refractivity contribution in [2.45, 2.75) is 13.0 Å². The standard InChI is InChI=1S/C12H10F2N2O/c13-11(14)12(17)16-7-9-4-1-3-8-5-2-6-15-10(8)9/h1-6,11H,7H2,(H,16,17). The predicted molar refractivity (Wildman–Crippen MR) is 59.6 cm³/mol. The number of fused-ring (bicyclic) bond motifs is 1. The van der Waals surface area contributed by atoms with Gasteiger partial charge in [-0.2, -0.15) is 8.78 Å². The van der Waals surface area contributed by atoms with E-state index < -0.39 is 12.3 Å². The van der Waals surface area contributed by atoms with Crippen molar-refractivity contribution in [1.29, 1.82) is 0 Å². The second-order valence-corrected chi connectivity index (χ2v) is 3.51. The fraction of sp³-hybridized carbons (Fsp3) is 0.167. The maximum absolute atomic E-state index is 12.0. The number of nitrogens with zero attached hydrogens (tertiary/aromatic N) is 1. The molecule has 0 fully saturated rings. The van der Waals surface area contributed by atoms with E-state index in [0.717, 1.165) is 10.9 Å². The van der Waals surface area contributed by atoms with Crippen molar-refractivity contribution in [2.75, 3.05) is 0 Å². The Morgan fingerprint density at radius 2 is 2.06 bits per heavy atom. The van der Waals surface area contributed by atoms with Crippen molar-refractivity contribution < 1.29 is 13.6 Å². The van der Waals surface area contributed by atoms with Gasteiger partial charge in [-0.3, -0.25) is 9.78 Å². The molecule has 2 rings (SSSR count). The van der Waals surface area contributed by atoms with Crippen molar-refractivity contribution in [1.82, 2.24) is 10.3 Å². The van der Waals surface area contributed by atoms with E-state index in [0.29, 0.717) is 5.52 Å². The van der Waals surface area contributed by atoms with E-state index in [9.17, 15) is 13.6 Å². The number of hydrogen-bond acceptors (Lipinski definition) is 2. The van der Waals surface area contributed by atoms with E-state index in [-0.39, 0.29) is 6.54 Å². The zero-order valence-corrected chi connectivity index (χ0v) is 8.86. The molecule has 0 aliphatic rings. The van der Waals surface area contributed by atoms with Crippen LogP contribution in [0.5, 0.6) is 0 Å². The molecule has 3 nitrogen and oxygen atoms in total. The number of aromatic nitrogens is 1. The van der Waals surface area contributed by atoms with Gasteiger partial charge in [0.1, 0.15) is 0 Å². The quantitative estimate of drug-likeness (QED) is 0.886. The van der Waals surface area contributed by atoms with E-state index in [1.165, 1.54) is 0 Å². The Kier molecular flexibility index (Phi) is 3.27. The number of amides is 1. The molecule has 17 heavy (non-hydrogen) atoms. The molecule has 0 aliphatic heterocycles. The normalized spacial score (nSPS) is 10.8. The molecule has 0 unspecified atom stereocenters. The molecule has 0 saturated heterocycles. The Hall–Kier alpha value is -2.04. The maximum Gasteiger partial charge on any atom is 0.315 e. The molecule has 0 radical (unpaired) electrons. The summed E-state index contributed by atoms with van der Waals surface area (Å²) in [6, 6.07) is 9.10. The highest BCUT2D eigenvalue weighted by molar-refractivity contribution is 5.83. The number of halogens is 2. The van der Waals surface area contributed by atoms with Crippen LogP contribution in [0.4, 0.5) is 8.78 Å². The van der Waals surface area contributed by atoms with Gasteiger partial charge in [0, 0.05) is 18.1 Å². The molecule has 88 valence electrons. The van der Waals surface area contributed by atoms with Crippen LogP contribution in [0.2, 0.25) is 0 Å². The zero-order chi connectivity index (χ0) is 12.3. The topological polar surface area (TPSA) is 42.0 Å². The SMILES string of the molecule is O=C(NCc1cccc2cccnc12)C(F)F. The molecular weight excluding hydrogens is 226 g/mol. The van der Waals surface area contributed by atoms with Crippen LogP contribution in [0.15, 0.2) is 36.5 Å². The third-order valence-corrected chi connectivity index (χ3v) is 2.37. The molecular formula is C12H10F2N2O. The van der Waals surface area contributed by atoms with Gasteiger partial charge in [-0.1, -0.05) is 24.3 Å². The van der Waals surface area contributed by atoms with Crippen LogP contribution in [0.1, 0.15) is 5.56 Å². The maximum atomic E-state index is 12.0. The van der Waals surface area contributed by atoms with Crippen LogP contribution in [-0.2, 0) is 11.3 Å². The van der Waals surface area contributed by atoms with Gasteiger partial charge in [0.15, 0.2) is 0 Å². The van der Waals surface area contributed by atoms with E-state index in [4.69, 9.17) is 0 Å². The summed E-state index contributed by atoms with van der Waals surface area (Å²) in [6.45, 7) is 0.0531. The molecule has 5 heteroatoms. The minimum absolute atomic E-state index is 0.0531. The van der Waals surface area contributed by atoms with Gasteiger partial charge in [-0.15, -0.1) is 0 Å². The molecule has 0 aliphatic carbocycles. The lowest BCUT2D eigenvalue weighted by molar-refractivity contribution is -0.131. The lowest BCUT2D eigenvalue weighted by Crippen LogP contribution is -2.29. The van der Waals surface area contributed by atoms with E-state index >= 15 is 0 Å². The smallest absolute Gasteiger partial charge is 0.315 e.